The minimum atomic E-state index is -3.59. The number of rotatable bonds is 6. The highest BCUT2D eigenvalue weighted by Crippen LogP contribution is 2.28. The van der Waals surface area contributed by atoms with E-state index in [1.54, 1.807) is 25.3 Å². The molecule has 3 rings (SSSR count). The highest BCUT2D eigenvalue weighted by atomic mass is 79.9. The Morgan fingerprint density at radius 3 is 2.50 bits per heavy atom. The average Bonchev–Trinajstić information content (AvgIpc) is 2.73. The third-order valence-corrected chi connectivity index (χ3v) is 7.92. The zero-order valence-electron chi connectivity index (χ0n) is 17.4. The lowest BCUT2D eigenvalue weighted by Crippen LogP contribution is -2.43. The number of amides is 1. The first-order valence-corrected chi connectivity index (χ1v) is 12.2. The highest BCUT2D eigenvalue weighted by molar-refractivity contribution is 9.10. The van der Waals surface area contributed by atoms with Gasteiger partial charge in [0.2, 0.25) is 15.9 Å². The molecule has 0 aromatic heterocycles. The number of ether oxygens (including phenoxy) is 1. The molecule has 1 atom stereocenters. The van der Waals surface area contributed by atoms with Gasteiger partial charge in [0.05, 0.1) is 18.0 Å². The molecule has 1 saturated heterocycles. The van der Waals surface area contributed by atoms with Crippen LogP contribution in [0.2, 0.25) is 0 Å². The number of piperidine rings is 1. The Bertz CT molecular complexity index is 1020. The Kier molecular flexibility index (Phi) is 7.21. The minimum absolute atomic E-state index is 0.0279. The fourth-order valence-electron chi connectivity index (χ4n) is 3.71. The first-order chi connectivity index (χ1) is 14.2. The van der Waals surface area contributed by atoms with Crippen LogP contribution in [-0.4, -0.2) is 38.8 Å². The monoisotopic (exact) mass is 494 g/mol. The number of carbonyl (C=O) groups is 1. The van der Waals surface area contributed by atoms with Crippen LogP contribution in [-0.2, 0) is 14.8 Å². The molecule has 0 radical (unpaired) electrons. The fourth-order valence-corrected chi connectivity index (χ4v) is 5.68. The Labute approximate surface area is 186 Å². The largest absolute Gasteiger partial charge is 0.496 e. The van der Waals surface area contributed by atoms with Gasteiger partial charge in [0, 0.05) is 23.5 Å². The van der Waals surface area contributed by atoms with Gasteiger partial charge in [-0.3, -0.25) is 4.79 Å². The maximum atomic E-state index is 13.0. The molecule has 1 amide bonds. The Balaban J connectivity index is 1.61. The highest BCUT2D eigenvalue weighted by Gasteiger charge is 2.32. The summed E-state index contributed by atoms with van der Waals surface area (Å²) in [6.07, 6.45) is 1.01. The van der Waals surface area contributed by atoms with Crippen LogP contribution in [0.1, 0.15) is 36.9 Å². The fraction of sp³-hybridized carbons (Fsp3) is 0.409. The number of carbonyl (C=O) groups excluding carboxylic acids is 1. The number of nitrogens with one attached hydrogen (secondary N) is 1. The number of hydrogen-bond donors (Lipinski definition) is 1. The van der Waals surface area contributed by atoms with E-state index in [0.29, 0.717) is 31.7 Å². The van der Waals surface area contributed by atoms with Gasteiger partial charge in [0.1, 0.15) is 5.75 Å². The second-order valence-electron chi connectivity index (χ2n) is 7.60. The lowest BCUT2D eigenvalue weighted by atomic mass is 9.96. The van der Waals surface area contributed by atoms with Gasteiger partial charge in [0.25, 0.3) is 0 Å². The van der Waals surface area contributed by atoms with Gasteiger partial charge in [-0.25, -0.2) is 8.42 Å². The van der Waals surface area contributed by atoms with Gasteiger partial charge in [-0.05, 0) is 68.1 Å². The summed E-state index contributed by atoms with van der Waals surface area (Å²) >= 11 is 3.45. The summed E-state index contributed by atoms with van der Waals surface area (Å²) in [6.45, 7) is 4.43. The molecule has 0 bridgehead atoms. The molecule has 30 heavy (non-hydrogen) atoms. The summed E-state index contributed by atoms with van der Waals surface area (Å²) in [7, 11) is -2.03. The molecule has 1 aliphatic heterocycles. The molecule has 0 saturated carbocycles. The van der Waals surface area contributed by atoms with Crippen molar-refractivity contribution < 1.29 is 17.9 Å². The molecule has 0 spiro atoms. The van der Waals surface area contributed by atoms with Crippen LogP contribution in [0, 0.1) is 12.8 Å². The van der Waals surface area contributed by atoms with E-state index in [2.05, 4.69) is 21.2 Å². The molecule has 1 N–H and O–H groups in total. The summed E-state index contributed by atoms with van der Waals surface area (Å²) < 4.78 is 33.6. The number of methoxy groups -OCH3 is 1. The summed E-state index contributed by atoms with van der Waals surface area (Å²) in [5.41, 5.74) is 1.79. The van der Waals surface area contributed by atoms with Crippen molar-refractivity contribution in [1.82, 2.24) is 9.62 Å². The third kappa shape index (κ3) is 5.04. The van der Waals surface area contributed by atoms with Crippen LogP contribution in [0.5, 0.6) is 5.75 Å². The van der Waals surface area contributed by atoms with Crippen molar-refractivity contribution in [3.8, 4) is 5.75 Å². The predicted molar refractivity (Wildman–Crippen MR) is 120 cm³/mol. The quantitative estimate of drug-likeness (QED) is 0.657. The van der Waals surface area contributed by atoms with E-state index >= 15 is 0 Å². The molecule has 6 nitrogen and oxygen atoms in total. The van der Waals surface area contributed by atoms with Crippen molar-refractivity contribution in [3.05, 3.63) is 58.1 Å². The van der Waals surface area contributed by atoms with Crippen molar-refractivity contribution in [2.24, 2.45) is 5.92 Å². The maximum Gasteiger partial charge on any atom is 0.243 e. The zero-order valence-corrected chi connectivity index (χ0v) is 19.8. The van der Waals surface area contributed by atoms with E-state index in [-0.39, 0.29) is 22.8 Å². The number of benzene rings is 2. The Morgan fingerprint density at radius 2 is 1.90 bits per heavy atom. The van der Waals surface area contributed by atoms with E-state index in [4.69, 9.17) is 4.74 Å². The van der Waals surface area contributed by atoms with E-state index < -0.39 is 10.0 Å². The molecule has 162 valence electrons. The molecule has 1 heterocycles. The van der Waals surface area contributed by atoms with Gasteiger partial charge in [-0.1, -0.05) is 28.1 Å². The second kappa shape index (κ2) is 9.49. The van der Waals surface area contributed by atoms with Crippen molar-refractivity contribution >= 4 is 31.9 Å². The van der Waals surface area contributed by atoms with E-state index in [0.717, 1.165) is 15.6 Å². The average molecular weight is 495 g/mol. The number of hydrogen-bond acceptors (Lipinski definition) is 4. The Hall–Kier alpha value is -1.90. The summed E-state index contributed by atoms with van der Waals surface area (Å²) in [6, 6.07) is 12.6. The summed E-state index contributed by atoms with van der Waals surface area (Å²) in [5.74, 6) is 0.437. The number of nitrogens with zero attached hydrogens (tertiary/aromatic N) is 1. The molecular weight excluding hydrogens is 468 g/mol. The smallest absolute Gasteiger partial charge is 0.243 e. The second-order valence-corrected chi connectivity index (χ2v) is 10.4. The van der Waals surface area contributed by atoms with Crippen LogP contribution < -0.4 is 10.1 Å². The van der Waals surface area contributed by atoms with E-state index in [9.17, 15) is 13.2 Å². The summed E-state index contributed by atoms with van der Waals surface area (Å²) in [5, 5.41) is 3.06. The van der Waals surface area contributed by atoms with Gasteiger partial charge in [-0.2, -0.15) is 4.31 Å². The maximum absolute atomic E-state index is 13.0. The molecule has 8 heteroatoms. The third-order valence-electron chi connectivity index (χ3n) is 5.54. The summed E-state index contributed by atoms with van der Waals surface area (Å²) in [4.78, 5) is 13.0. The van der Waals surface area contributed by atoms with Crippen LogP contribution in [0.4, 0.5) is 0 Å². The first kappa shape index (κ1) is 22.8. The molecule has 1 fully saturated rings. The topological polar surface area (TPSA) is 75.7 Å². The lowest BCUT2D eigenvalue weighted by Gasteiger charge is -2.31. The van der Waals surface area contributed by atoms with Crippen molar-refractivity contribution in [1.29, 1.82) is 0 Å². The number of sulfonamides is 1. The molecule has 2 aromatic rings. The van der Waals surface area contributed by atoms with Crippen molar-refractivity contribution in [2.75, 3.05) is 20.2 Å². The first-order valence-electron chi connectivity index (χ1n) is 9.93. The van der Waals surface area contributed by atoms with Crippen LogP contribution in [0.25, 0.3) is 0 Å². The van der Waals surface area contributed by atoms with Gasteiger partial charge < -0.3 is 10.1 Å². The van der Waals surface area contributed by atoms with Crippen molar-refractivity contribution in [3.63, 3.8) is 0 Å². The SMILES string of the molecule is COc1ccc(S(=O)(=O)N2CCC(C(=O)N[C@H](C)c3cccc(Br)c3)CC2)cc1C. The van der Waals surface area contributed by atoms with Crippen LogP contribution >= 0.6 is 15.9 Å². The molecule has 0 unspecified atom stereocenters. The van der Waals surface area contributed by atoms with E-state index in [1.807, 2.05) is 38.1 Å². The van der Waals surface area contributed by atoms with Gasteiger partial charge >= 0.3 is 0 Å². The van der Waals surface area contributed by atoms with Crippen LogP contribution in [0.3, 0.4) is 0 Å². The number of aryl methyl sites for hydroxylation is 1. The van der Waals surface area contributed by atoms with Crippen molar-refractivity contribution in [2.45, 2.75) is 37.6 Å². The molecular formula is C22H27BrN2O4S. The van der Waals surface area contributed by atoms with E-state index in [1.165, 1.54) is 4.31 Å². The minimum Gasteiger partial charge on any atom is -0.496 e. The molecule has 1 aliphatic rings. The van der Waals surface area contributed by atoms with Crippen LogP contribution in [0.15, 0.2) is 51.8 Å². The molecule has 0 aliphatic carbocycles. The van der Waals surface area contributed by atoms with Gasteiger partial charge in [-0.15, -0.1) is 0 Å². The zero-order chi connectivity index (χ0) is 21.9. The number of halogens is 1. The van der Waals surface area contributed by atoms with Gasteiger partial charge in [0.15, 0.2) is 0 Å². The predicted octanol–water partition coefficient (Wildman–Crippen LogP) is 4.04. The standard InChI is InChI=1S/C22H27BrN2O4S/c1-15-13-20(7-8-21(15)29-3)30(27,28)25-11-9-17(10-12-25)22(26)24-16(2)18-5-4-6-19(23)14-18/h4-8,13-14,16-17H,9-12H2,1-3H3,(H,24,26)/t16-/m1/s1. The Morgan fingerprint density at radius 1 is 1.20 bits per heavy atom. The normalized spacial score (nSPS) is 16.8. The molecule has 2 aromatic carbocycles. The lowest BCUT2D eigenvalue weighted by molar-refractivity contribution is -0.126.